The Bertz CT molecular complexity index is 1130. The number of carbonyl (C=O) groups excluding carboxylic acids is 1. The fourth-order valence-electron chi connectivity index (χ4n) is 3.43. The summed E-state index contributed by atoms with van der Waals surface area (Å²) in [4.78, 5) is 17.1. The lowest BCUT2D eigenvalue weighted by molar-refractivity contribution is -0.120. The van der Waals surface area contributed by atoms with Crippen LogP contribution in [0.4, 0.5) is 0 Å². The standard InChI is InChI=1S/C21H21N5O/c1-14-16-7-3-4-8-18(16)23-15(2)17(14)13-21(27)22-11-10-20-25-24-19-9-5-6-12-26(19)20/h3-9,12H,10-11,13H2,1-2H3,(H,22,27). The molecule has 6 heteroatoms. The van der Waals surface area contributed by atoms with Crippen LogP contribution in [0.25, 0.3) is 16.6 Å². The van der Waals surface area contributed by atoms with Crippen LogP contribution in [0.2, 0.25) is 0 Å². The zero-order valence-electron chi connectivity index (χ0n) is 15.4. The molecule has 0 spiro atoms. The largest absolute Gasteiger partial charge is 0.355 e. The van der Waals surface area contributed by atoms with Gasteiger partial charge in [0.15, 0.2) is 5.65 Å². The van der Waals surface area contributed by atoms with Gasteiger partial charge in [0.1, 0.15) is 5.82 Å². The van der Waals surface area contributed by atoms with Gasteiger partial charge in [-0.1, -0.05) is 24.3 Å². The Kier molecular flexibility index (Phi) is 4.54. The lowest BCUT2D eigenvalue weighted by Gasteiger charge is -2.12. The molecule has 1 N–H and O–H groups in total. The average Bonchev–Trinajstić information content (AvgIpc) is 3.08. The number of carbonyl (C=O) groups is 1. The highest BCUT2D eigenvalue weighted by Crippen LogP contribution is 2.22. The van der Waals surface area contributed by atoms with Gasteiger partial charge in [0.2, 0.25) is 5.91 Å². The number of aromatic nitrogens is 4. The zero-order chi connectivity index (χ0) is 18.8. The first-order chi connectivity index (χ1) is 13.1. The van der Waals surface area contributed by atoms with Crippen LogP contribution in [0.3, 0.4) is 0 Å². The van der Waals surface area contributed by atoms with Crippen molar-refractivity contribution in [3.8, 4) is 0 Å². The van der Waals surface area contributed by atoms with Gasteiger partial charge in [0.05, 0.1) is 11.9 Å². The quantitative estimate of drug-likeness (QED) is 0.595. The highest BCUT2D eigenvalue weighted by molar-refractivity contribution is 5.86. The maximum absolute atomic E-state index is 12.5. The van der Waals surface area contributed by atoms with Crippen molar-refractivity contribution in [2.24, 2.45) is 0 Å². The lowest BCUT2D eigenvalue weighted by atomic mass is 9.99. The van der Waals surface area contributed by atoms with E-state index in [4.69, 9.17) is 0 Å². The fraction of sp³-hybridized carbons (Fsp3) is 0.238. The fourth-order valence-corrected chi connectivity index (χ4v) is 3.43. The van der Waals surface area contributed by atoms with Crippen LogP contribution in [-0.2, 0) is 17.6 Å². The van der Waals surface area contributed by atoms with Gasteiger partial charge in [0, 0.05) is 30.2 Å². The molecular weight excluding hydrogens is 338 g/mol. The smallest absolute Gasteiger partial charge is 0.224 e. The number of rotatable bonds is 5. The molecule has 136 valence electrons. The molecule has 6 nitrogen and oxygen atoms in total. The molecule has 27 heavy (non-hydrogen) atoms. The molecule has 4 rings (SSSR count). The number of nitrogens with one attached hydrogen (secondary N) is 1. The van der Waals surface area contributed by atoms with E-state index in [1.54, 1.807) is 0 Å². The minimum atomic E-state index is -0.00731. The van der Waals surface area contributed by atoms with Crippen molar-refractivity contribution in [3.05, 3.63) is 71.3 Å². The second-order valence-electron chi connectivity index (χ2n) is 6.64. The molecule has 4 aromatic rings. The molecule has 3 heterocycles. The van der Waals surface area contributed by atoms with E-state index < -0.39 is 0 Å². The SMILES string of the molecule is Cc1nc2ccccc2c(C)c1CC(=O)NCCc1nnc2ccccn12. The van der Waals surface area contributed by atoms with Crippen LogP contribution in [0.1, 0.15) is 22.6 Å². The molecule has 0 radical (unpaired) electrons. The summed E-state index contributed by atoms with van der Waals surface area (Å²) in [5, 5.41) is 12.4. The van der Waals surface area contributed by atoms with Crippen LogP contribution in [-0.4, -0.2) is 32.0 Å². The summed E-state index contributed by atoms with van der Waals surface area (Å²) in [6, 6.07) is 13.8. The summed E-state index contributed by atoms with van der Waals surface area (Å²) < 4.78 is 1.94. The second kappa shape index (κ2) is 7.15. The predicted molar refractivity (Wildman–Crippen MR) is 105 cm³/mol. The molecule has 0 saturated carbocycles. The molecule has 0 aliphatic carbocycles. The predicted octanol–water partition coefficient (Wildman–Crippen LogP) is 2.80. The Morgan fingerprint density at radius 1 is 1.07 bits per heavy atom. The lowest BCUT2D eigenvalue weighted by Crippen LogP contribution is -2.28. The number of aryl methyl sites for hydroxylation is 2. The van der Waals surface area contributed by atoms with Crippen LogP contribution < -0.4 is 5.32 Å². The summed E-state index contributed by atoms with van der Waals surface area (Å²) >= 11 is 0. The van der Waals surface area contributed by atoms with Crippen LogP contribution >= 0.6 is 0 Å². The normalized spacial score (nSPS) is 11.2. The Morgan fingerprint density at radius 3 is 2.78 bits per heavy atom. The van der Waals surface area contributed by atoms with E-state index >= 15 is 0 Å². The summed E-state index contributed by atoms with van der Waals surface area (Å²) in [5.74, 6) is 0.831. The highest BCUT2D eigenvalue weighted by Gasteiger charge is 2.13. The third kappa shape index (κ3) is 3.38. The van der Waals surface area contributed by atoms with E-state index in [-0.39, 0.29) is 5.91 Å². The van der Waals surface area contributed by atoms with Gasteiger partial charge in [-0.25, -0.2) is 0 Å². The van der Waals surface area contributed by atoms with Gasteiger partial charge in [0.25, 0.3) is 0 Å². The van der Waals surface area contributed by atoms with E-state index in [1.165, 1.54) is 0 Å². The Balaban J connectivity index is 1.43. The van der Waals surface area contributed by atoms with E-state index in [1.807, 2.05) is 53.9 Å². The molecule has 1 aromatic carbocycles. The minimum Gasteiger partial charge on any atom is -0.355 e. The topological polar surface area (TPSA) is 72.2 Å². The van der Waals surface area contributed by atoms with Crippen molar-refractivity contribution < 1.29 is 4.79 Å². The third-order valence-electron chi connectivity index (χ3n) is 4.88. The van der Waals surface area contributed by atoms with Crippen LogP contribution in [0.5, 0.6) is 0 Å². The van der Waals surface area contributed by atoms with E-state index in [2.05, 4.69) is 33.5 Å². The Hall–Kier alpha value is -3.28. The third-order valence-corrected chi connectivity index (χ3v) is 4.88. The van der Waals surface area contributed by atoms with Crippen molar-refractivity contribution in [1.82, 2.24) is 24.9 Å². The minimum absolute atomic E-state index is 0.00731. The van der Waals surface area contributed by atoms with Gasteiger partial charge in [-0.05, 0) is 43.2 Å². The average molecular weight is 359 g/mol. The molecule has 3 aromatic heterocycles. The first kappa shape index (κ1) is 17.1. The summed E-state index contributed by atoms with van der Waals surface area (Å²) in [6.07, 6.45) is 2.89. The van der Waals surface area contributed by atoms with Crippen molar-refractivity contribution in [3.63, 3.8) is 0 Å². The van der Waals surface area contributed by atoms with Crippen LogP contribution in [0, 0.1) is 13.8 Å². The number of para-hydroxylation sites is 1. The van der Waals surface area contributed by atoms with E-state index in [0.29, 0.717) is 19.4 Å². The number of fused-ring (bicyclic) bond motifs is 2. The molecular formula is C21H21N5O. The van der Waals surface area contributed by atoms with Gasteiger partial charge < -0.3 is 5.32 Å². The number of hydrogen-bond acceptors (Lipinski definition) is 4. The van der Waals surface area contributed by atoms with E-state index in [9.17, 15) is 4.79 Å². The number of amides is 1. The zero-order valence-corrected chi connectivity index (χ0v) is 15.4. The number of benzene rings is 1. The van der Waals surface area contributed by atoms with Crippen LogP contribution in [0.15, 0.2) is 48.7 Å². The highest BCUT2D eigenvalue weighted by atomic mass is 16.1. The van der Waals surface area contributed by atoms with Crippen molar-refractivity contribution in [2.75, 3.05) is 6.54 Å². The maximum atomic E-state index is 12.5. The first-order valence-corrected chi connectivity index (χ1v) is 9.03. The maximum Gasteiger partial charge on any atom is 0.224 e. The van der Waals surface area contributed by atoms with Gasteiger partial charge in [-0.3, -0.25) is 14.2 Å². The molecule has 1 amide bonds. The molecule has 0 unspecified atom stereocenters. The Labute approximate surface area is 157 Å². The summed E-state index contributed by atoms with van der Waals surface area (Å²) in [7, 11) is 0. The van der Waals surface area contributed by atoms with Crippen molar-refractivity contribution >= 4 is 22.5 Å². The second-order valence-corrected chi connectivity index (χ2v) is 6.64. The van der Waals surface area contributed by atoms with Gasteiger partial charge >= 0.3 is 0 Å². The van der Waals surface area contributed by atoms with Crippen molar-refractivity contribution in [1.29, 1.82) is 0 Å². The monoisotopic (exact) mass is 359 g/mol. The molecule has 0 fully saturated rings. The van der Waals surface area contributed by atoms with Crippen molar-refractivity contribution in [2.45, 2.75) is 26.7 Å². The Morgan fingerprint density at radius 2 is 1.89 bits per heavy atom. The molecule has 0 aliphatic rings. The van der Waals surface area contributed by atoms with Gasteiger partial charge in [-0.2, -0.15) is 0 Å². The number of pyridine rings is 2. The number of hydrogen-bond donors (Lipinski definition) is 1. The molecule has 0 bridgehead atoms. The molecule has 0 aliphatic heterocycles. The summed E-state index contributed by atoms with van der Waals surface area (Å²) in [5.41, 5.74) is 4.81. The van der Waals surface area contributed by atoms with Gasteiger partial charge in [-0.15, -0.1) is 10.2 Å². The number of nitrogens with zero attached hydrogens (tertiary/aromatic N) is 4. The first-order valence-electron chi connectivity index (χ1n) is 9.03. The van der Waals surface area contributed by atoms with E-state index in [0.717, 1.165) is 39.2 Å². The molecule has 0 atom stereocenters. The molecule has 0 saturated heterocycles. The summed E-state index contributed by atoms with van der Waals surface area (Å²) in [6.45, 7) is 4.54.